The molecule has 1 amide bonds. The van der Waals surface area contributed by atoms with E-state index in [2.05, 4.69) is 15.9 Å². The van der Waals surface area contributed by atoms with Crippen molar-refractivity contribution >= 4 is 61.9 Å². The molecule has 7 heteroatoms. The van der Waals surface area contributed by atoms with Crippen molar-refractivity contribution in [2.75, 3.05) is 18.6 Å². The fourth-order valence-electron chi connectivity index (χ4n) is 2.53. The summed E-state index contributed by atoms with van der Waals surface area (Å²) in [7, 11) is 1.59. The maximum Gasteiger partial charge on any atom is 0.270 e. The Morgan fingerprint density at radius 2 is 1.96 bits per heavy atom. The summed E-state index contributed by atoms with van der Waals surface area (Å²) >= 11 is 10.1. The van der Waals surface area contributed by atoms with Gasteiger partial charge >= 0.3 is 0 Å². The quantitative estimate of drug-likeness (QED) is 0.459. The van der Waals surface area contributed by atoms with E-state index in [-0.39, 0.29) is 5.91 Å². The van der Waals surface area contributed by atoms with E-state index in [1.807, 2.05) is 49.4 Å². The topological polar surface area (TPSA) is 38.8 Å². The summed E-state index contributed by atoms with van der Waals surface area (Å²) in [4.78, 5) is 15.0. The van der Waals surface area contributed by atoms with E-state index in [0.717, 1.165) is 15.7 Å². The molecule has 2 aromatic rings. The molecule has 1 aliphatic heterocycles. The minimum absolute atomic E-state index is 0.146. The van der Waals surface area contributed by atoms with Crippen LogP contribution in [-0.4, -0.2) is 23.9 Å². The van der Waals surface area contributed by atoms with Crippen LogP contribution in [0.4, 0.5) is 5.69 Å². The van der Waals surface area contributed by atoms with E-state index < -0.39 is 0 Å². The Morgan fingerprint density at radius 3 is 2.62 bits per heavy atom. The summed E-state index contributed by atoms with van der Waals surface area (Å²) in [6, 6.07) is 13.1. The smallest absolute Gasteiger partial charge is 0.270 e. The van der Waals surface area contributed by atoms with Gasteiger partial charge in [-0.2, -0.15) is 0 Å². The molecule has 26 heavy (non-hydrogen) atoms. The molecular formula is C19H16BrNO3S2. The molecule has 3 rings (SSSR count). The Labute approximate surface area is 170 Å². The van der Waals surface area contributed by atoms with Crippen molar-refractivity contribution in [3.63, 3.8) is 0 Å². The number of thiocarbonyl (C=S) groups is 1. The van der Waals surface area contributed by atoms with Crippen molar-refractivity contribution in [1.29, 1.82) is 0 Å². The van der Waals surface area contributed by atoms with Gasteiger partial charge in [0.2, 0.25) is 0 Å². The number of nitrogens with zero attached hydrogens (tertiary/aromatic N) is 1. The summed E-state index contributed by atoms with van der Waals surface area (Å²) in [6.45, 7) is 2.41. The Hall–Kier alpha value is -1.83. The second-order valence-electron chi connectivity index (χ2n) is 5.31. The summed E-state index contributed by atoms with van der Waals surface area (Å²) < 4.78 is 12.5. The first kappa shape index (κ1) is 18.9. The van der Waals surface area contributed by atoms with Gasteiger partial charge in [-0.25, -0.2) is 0 Å². The average Bonchev–Trinajstić information content (AvgIpc) is 2.91. The highest BCUT2D eigenvalue weighted by Gasteiger charge is 2.33. The lowest BCUT2D eigenvalue weighted by Crippen LogP contribution is -2.27. The lowest BCUT2D eigenvalue weighted by molar-refractivity contribution is -0.113. The number of hydrogen-bond acceptors (Lipinski definition) is 5. The predicted octanol–water partition coefficient (Wildman–Crippen LogP) is 5.26. The van der Waals surface area contributed by atoms with Gasteiger partial charge in [-0.15, -0.1) is 0 Å². The SMILES string of the molecule is CCOc1c(C=C2SC(=S)N(c3ccc(Br)cc3)C2=O)cccc1OC. The van der Waals surface area contributed by atoms with Crippen LogP contribution >= 0.6 is 39.9 Å². The van der Waals surface area contributed by atoms with Gasteiger partial charge in [0.05, 0.1) is 24.3 Å². The summed E-state index contributed by atoms with van der Waals surface area (Å²) in [5.41, 5.74) is 1.53. The van der Waals surface area contributed by atoms with E-state index in [9.17, 15) is 4.79 Å². The first-order chi connectivity index (χ1) is 12.5. The zero-order valence-electron chi connectivity index (χ0n) is 14.2. The number of rotatable bonds is 5. The molecule has 2 aromatic carbocycles. The number of amides is 1. The average molecular weight is 450 g/mol. The minimum atomic E-state index is -0.146. The van der Waals surface area contributed by atoms with Crippen molar-refractivity contribution < 1.29 is 14.3 Å². The summed E-state index contributed by atoms with van der Waals surface area (Å²) in [5.74, 6) is 1.10. The molecule has 1 heterocycles. The van der Waals surface area contributed by atoms with Gasteiger partial charge < -0.3 is 9.47 Å². The highest BCUT2D eigenvalue weighted by Crippen LogP contribution is 2.39. The Bertz CT molecular complexity index is 881. The van der Waals surface area contributed by atoms with Crippen LogP contribution in [0.25, 0.3) is 6.08 Å². The highest BCUT2D eigenvalue weighted by atomic mass is 79.9. The molecular weight excluding hydrogens is 434 g/mol. The molecule has 0 saturated carbocycles. The number of benzene rings is 2. The summed E-state index contributed by atoms with van der Waals surface area (Å²) in [5, 5.41) is 0. The minimum Gasteiger partial charge on any atom is -0.493 e. The van der Waals surface area contributed by atoms with E-state index in [1.54, 1.807) is 18.1 Å². The van der Waals surface area contributed by atoms with Crippen molar-refractivity contribution in [1.82, 2.24) is 0 Å². The molecule has 1 aliphatic rings. The van der Waals surface area contributed by atoms with Crippen molar-refractivity contribution in [3.05, 3.63) is 57.4 Å². The third kappa shape index (κ3) is 3.79. The van der Waals surface area contributed by atoms with E-state index in [1.165, 1.54) is 11.8 Å². The van der Waals surface area contributed by atoms with Crippen molar-refractivity contribution in [2.45, 2.75) is 6.92 Å². The number of ether oxygens (including phenoxy) is 2. The standard InChI is InChI=1S/C19H16BrNO3S2/c1-3-24-17-12(5-4-6-15(17)23-2)11-16-18(22)21(19(25)26-16)14-9-7-13(20)8-10-14/h4-11H,3H2,1-2H3. The lowest BCUT2D eigenvalue weighted by Gasteiger charge is -2.14. The molecule has 0 N–H and O–H groups in total. The van der Waals surface area contributed by atoms with Crippen LogP contribution in [-0.2, 0) is 4.79 Å². The van der Waals surface area contributed by atoms with Gasteiger partial charge in [0.1, 0.15) is 0 Å². The third-order valence-electron chi connectivity index (χ3n) is 3.68. The second kappa shape index (κ2) is 8.24. The van der Waals surface area contributed by atoms with E-state index >= 15 is 0 Å². The van der Waals surface area contributed by atoms with Crippen LogP contribution in [0, 0.1) is 0 Å². The van der Waals surface area contributed by atoms with Gasteiger partial charge in [-0.05, 0) is 43.3 Å². The lowest BCUT2D eigenvalue weighted by atomic mass is 10.1. The number of thioether (sulfide) groups is 1. The van der Waals surface area contributed by atoms with Gasteiger partial charge in [0.15, 0.2) is 15.8 Å². The third-order valence-corrected chi connectivity index (χ3v) is 5.51. The van der Waals surface area contributed by atoms with Crippen molar-refractivity contribution in [3.8, 4) is 11.5 Å². The number of para-hydroxylation sites is 1. The molecule has 4 nitrogen and oxygen atoms in total. The molecule has 0 bridgehead atoms. The Kier molecular flexibility index (Phi) is 6.01. The molecule has 134 valence electrons. The van der Waals surface area contributed by atoms with Gasteiger partial charge in [-0.3, -0.25) is 9.69 Å². The fourth-order valence-corrected chi connectivity index (χ4v) is 4.08. The first-order valence-corrected chi connectivity index (χ1v) is 9.90. The van der Waals surface area contributed by atoms with Crippen LogP contribution in [0.2, 0.25) is 0 Å². The molecule has 0 aromatic heterocycles. The maximum absolute atomic E-state index is 12.9. The molecule has 0 radical (unpaired) electrons. The van der Waals surface area contributed by atoms with Crippen molar-refractivity contribution in [2.24, 2.45) is 0 Å². The molecule has 0 spiro atoms. The Balaban J connectivity index is 1.97. The van der Waals surface area contributed by atoms with Crippen LogP contribution in [0.3, 0.4) is 0 Å². The number of carbonyl (C=O) groups excluding carboxylic acids is 1. The van der Waals surface area contributed by atoms with E-state index in [0.29, 0.717) is 27.3 Å². The van der Waals surface area contributed by atoms with Crippen LogP contribution in [0.15, 0.2) is 51.8 Å². The van der Waals surface area contributed by atoms with Crippen LogP contribution in [0.5, 0.6) is 11.5 Å². The predicted molar refractivity (Wildman–Crippen MR) is 114 cm³/mol. The zero-order chi connectivity index (χ0) is 18.7. The normalized spacial score (nSPS) is 15.7. The van der Waals surface area contributed by atoms with Gasteiger partial charge in [0, 0.05) is 10.0 Å². The largest absolute Gasteiger partial charge is 0.493 e. The van der Waals surface area contributed by atoms with Gasteiger partial charge in [0.25, 0.3) is 5.91 Å². The molecule has 1 fully saturated rings. The number of methoxy groups -OCH3 is 1. The molecule has 0 aliphatic carbocycles. The van der Waals surface area contributed by atoms with Crippen LogP contribution in [0.1, 0.15) is 12.5 Å². The fraction of sp³-hybridized carbons (Fsp3) is 0.158. The number of halogens is 1. The van der Waals surface area contributed by atoms with Gasteiger partial charge in [-0.1, -0.05) is 52.0 Å². The Morgan fingerprint density at radius 1 is 1.23 bits per heavy atom. The molecule has 0 atom stereocenters. The summed E-state index contributed by atoms with van der Waals surface area (Å²) in [6.07, 6.45) is 1.80. The monoisotopic (exact) mass is 449 g/mol. The number of hydrogen-bond donors (Lipinski definition) is 0. The first-order valence-electron chi connectivity index (χ1n) is 7.88. The highest BCUT2D eigenvalue weighted by molar-refractivity contribution is 9.10. The maximum atomic E-state index is 12.9. The second-order valence-corrected chi connectivity index (χ2v) is 7.90. The van der Waals surface area contributed by atoms with Crippen LogP contribution < -0.4 is 14.4 Å². The van der Waals surface area contributed by atoms with E-state index in [4.69, 9.17) is 21.7 Å². The molecule has 0 unspecified atom stereocenters. The number of carbonyl (C=O) groups is 1. The zero-order valence-corrected chi connectivity index (χ0v) is 17.4. The molecule has 1 saturated heterocycles. The number of anilines is 1.